The summed E-state index contributed by atoms with van der Waals surface area (Å²) >= 11 is 0. The van der Waals surface area contributed by atoms with Crippen LogP contribution in [0.3, 0.4) is 0 Å². The predicted octanol–water partition coefficient (Wildman–Crippen LogP) is 15.6. The Hall–Kier alpha value is -5.75. The summed E-state index contributed by atoms with van der Waals surface area (Å²) in [6.45, 7) is 21.7. The van der Waals surface area contributed by atoms with Gasteiger partial charge in [-0.1, -0.05) is 159 Å². The SMILES string of the molecule is Cc1ccccc1-c1ccc2c(c1)oc1c(-c3nc4ccc(C(C)(C)C)nc4n3-c3c(C(C)C)cccc3C(C)C)[c-]ccc12.[2H]C([2H])([2H])c1c[c-]c(-c2ccc(C(C)(C)C)cn2)c(F)c1.[Ir]. The van der Waals surface area contributed by atoms with Gasteiger partial charge in [0, 0.05) is 58.4 Å². The van der Waals surface area contributed by atoms with Gasteiger partial charge in [-0.3, -0.25) is 9.37 Å². The molecule has 5 nitrogen and oxygen atoms in total. The summed E-state index contributed by atoms with van der Waals surface area (Å²) in [4.78, 5) is 14.8. The van der Waals surface area contributed by atoms with Gasteiger partial charge in [0.15, 0.2) is 5.65 Å². The van der Waals surface area contributed by atoms with E-state index in [1.165, 1.54) is 28.3 Å². The van der Waals surface area contributed by atoms with E-state index in [0.717, 1.165) is 73.1 Å². The predicted molar refractivity (Wildman–Crippen MR) is 259 cm³/mol. The van der Waals surface area contributed by atoms with Gasteiger partial charge in [-0.15, -0.1) is 42.0 Å². The van der Waals surface area contributed by atoms with Crippen molar-refractivity contribution in [1.82, 2.24) is 19.5 Å². The van der Waals surface area contributed by atoms with Crippen molar-refractivity contribution in [1.29, 1.82) is 0 Å². The van der Waals surface area contributed by atoms with Crippen LogP contribution in [-0.2, 0) is 30.9 Å². The maximum Gasteiger partial charge on any atom is 0.155 e. The van der Waals surface area contributed by atoms with E-state index in [9.17, 15) is 4.39 Å². The molecule has 0 amide bonds. The van der Waals surface area contributed by atoms with Crippen molar-refractivity contribution in [3.8, 4) is 39.5 Å². The van der Waals surface area contributed by atoms with Gasteiger partial charge in [0.25, 0.3) is 0 Å². The third-order valence-corrected chi connectivity index (χ3v) is 11.7. The number of rotatable bonds is 6. The van der Waals surface area contributed by atoms with Crippen LogP contribution in [0.5, 0.6) is 0 Å². The normalized spacial score (nSPS) is 12.9. The van der Waals surface area contributed by atoms with E-state index in [4.69, 9.17) is 18.5 Å². The largest absolute Gasteiger partial charge is 0.501 e. The minimum atomic E-state index is -2.33. The number of nitrogens with zero attached hydrogens (tertiary/aromatic N) is 4. The molecule has 4 aromatic heterocycles. The first-order valence-corrected chi connectivity index (χ1v) is 21.8. The van der Waals surface area contributed by atoms with Gasteiger partial charge in [-0.05, 0) is 81.4 Å². The smallest absolute Gasteiger partial charge is 0.155 e. The summed E-state index contributed by atoms with van der Waals surface area (Å²) in [6.07, 6.45) is 1.71. The second-order valence-electron chi connectivity index (χ2n) is 19.2. The third-order valence-electron chi connectivity index (χ3n) is 11.7. The molecule has 0 aliphatic heterocycles. The van der Waals surface area contributed by atoms with Crippen molar-refractivity contribution in [2.45, 2.75) is 106 Å². The molecule has 1 radical (unpaired) electrons. The number of benzene rings is 5. The molecule has 0 atom stereocenters. The molecule has 0 saturated heterocycles. The molecule has 9 aromatic rings. The number of furan rings is 1. The van der Waals surface area contributed by atoms with Crippen LogP contribution in [0, 0.1) is 31.7 Å². The molecule has 5 aromatic carbocycles. The molecule has 0 unspecified atom stereocenters. The van der Waals surface area contributed by atoms with Crippen molar-refractivity contribution in [2.24, 2.45) is 0 Å². The van der Waals surface area contributed by atoms with E-state index >= 15 is 0 Å². The molecule has 0 fully saturated rings. The van der Waals surface area contributed by atoms with E-state index in [1.807, 2.05) is 12.1 Å². The Morgan fingerprint density at radius 2 is 1.48 bits per heavy atom. The molecule has 0 saturated carbocycles. The van der Waals surface area contributed by atoms with E-state index in [2.05, 4.69) is 177 Å². The second kappa shape index (κ2) is 18.0. The molecule has 329 valence electrons. The van der Waals surface area contributed by atoms with Crippen LogP contribution in [-0.4, -0.2) is 19.5 Å². The van der Waals surface area contributed by atoms with Crippen molar-refractivity contribution < 1.29 is 33.0 Å². The Balaban J connectivity index is 0.000000255. The van der Waals surface area contributed by atoms with Crippen molar-refractivity contribution in [2.75, 3.05) is 0 Å². The average molecular weight is 1030 g/mol. The van der Waals surface area contributed by atoms with Gasteiger partial charge >= 0.3 is 0 Å². The van der Waals surface area contributed by atoms with Crippen LogP contribution in [0.2, 0.25) is 0 Å². The van der Waals surface area contributed by atoms with Crippen LogP contribution in [0.1, 0.15) is 119 Å². The molecular formula is C57H57FIrN4O-2. The summed E-state index contributed by atoms with van der Waals surface area (Å²) in [5, 5.41) is 2.14. The van der Waals surface area contributed by atoms with Crippen LogP contribution in [0.4, 0.5) is 4.39 Å². The number of halogens is 1. The Bertz CT molecular complexity index is 3220. The number of imidazole rings is 1. The minimum Gasteiger partial charge on any atom is -0.501 e. The van der Waals surface area contributed by atoms with Crippen LogP contribution >= 0.6 is 0 Å². The number of hydrogen-bond acceptors (Lipinski definition) is 4. The molecule has 0 aliphatic rings. The van der Waals surface area contributed by atoms with Gasteiger partial charge < -0.3 is 14.0 Å². The fourth-order valence-electron chi connectivity index (χ4n) is 8.15. The molecule has 0 N–H and O–H groups in total. The average Bonchev–Trinajstić information content (AvgIpc) is 3.83. The number of hydrogen-bond donors (Lipinski definition) is 0. The quantitative estimate of drug-likeness (QED) is 0.156. The first-order chi connectivity index (χ1) is 31.1. The molecule has 0 aliphatic carbocycles. The maximum atomic E-state index is 14.1. The number of fused-ring (bicyclic) bond motifs is 4. The van der Waals surface area contributed by atoms with E-state index in [-0.39, 0.29) is 42.1 Å². The molecule has 4 heterocycles. The Morgan fingerprint density at radius 3 is 2.11 bits per heavy atom. The molecule has 64 heavy (non-hydrogen) atoms. The standard InChI is InChI=1S/C41H40N3O.C16H17FN.Ir/c1-24(2)28-15-11-16-29(25(3)4)37(28)44-39(42-34-21-22-36(41(6,7)8)43-40(34)44)33-18-12-17-32-31-20-19-27(23-35(31)45-38(32)33)30-14-10-9-13-26(30)5;1-11-5-7-13(14(17)9-11)15-8-6-12(10-18-15)16(2,3)4;/h9-17,19-25H,1-8H3;5-6,8-10H,1-4H3;/q2*-1;/i;1D3;. The van der Waals surface area contributed by atoms with Gasteiger partial charge in [-0.2, -0.15) is 0 Å². The van der Waals surface area contributed by atoms with Gasteiger partial charge in [0.1, 0.15) is 5.58 Å². The Kier molecular flexibility index (Phi) is 11.9. The summed E-state index contributed by atoms with van der Waals surface area (Å²) < 4.78 is 44.9. The Labute approximate surface area is 395 Å². The zero-order valence-corrected chi connectivity index (χ0v) is 40.9. The fraction of sp³-hybridized carbons (Fsp3) is 0.281. The van der Waals surface area contributed by atoms with Crippen LogP contribution in [0.15, 0.2) is 120 Å². The molecule has 0 bridgehead atoms. The number of aromatic nitrogens is 4. The number of para-hydroxylation sites is 1. The summed E-state index contributed by atoms with van der Waals surface area (Å²) in [5.41, 5.74) is 14.0. The zero-order chi connectivity index (χ0) is 47.5. The van der Waals surface area contributed by atoms with Crippen LogP contribution < -0.4 is 0 Å². The van der Waals surface area contributed by atoms with Gasteiger partial charge in [-0.25, -0.2) is 4.98 Å². The monoisotopic (exact) mass is 1030 g/mol. The van der Waals surface area contributed by atoms with E-state index in [0.29, 0.717) is 17.5 Å². The molecule has 9 rings (SSSR count). The van der Waals surface area contributed by atoms with Gasteiger partial charge in [0.05, 0.1) is 16.9 Å². The second-order valence-corrected chi connectivity index (χ2v) is 19.2. The van der Waals surface area contributed by atoms with Crippen molar-refractivity contribution in [3.05, 3.63) is 167 Å². The molecular weight excluding hydrogens is 968 g/mol. The van der Waals surface area contributed by atoms with Crippen molar-refractivity contribution in [3.63, 3.8) is 0 Å². The summed E-state index contributed by atoms with van der Waals surface area (Å²) in [7, 11) is 0. The molecule has 0 spiro atoms. The van der Waals surface area contributed by atoms with Crippen LogP contribution in [0.25, 0.3) is 72.6 Å². The van der Waals surface area contributed by atoms with Gasteiger partial charge in [0.2, 0.25) is 0 Å². The Morgan fingerprint density at radius 1 is 0.750 bits per heavy atom. The first-order valence-electron chi connectivity index (χ1n) is 23.3. The maximum absolute atomic E-state index is 14.1. The number of aryl methyl sites for hydroxylation is 2. The van der Waals surface area contributed by atoms with E-state index < -0.39 is 12.7 Å². The van der Waals surface area contributed by atoms with Crippen molar-refractivity contribution >= 4 is 33.1 Å². The first kappa shape index (κ1) is 42.2. The number of pyridine rings is 2. The fourth-order valence-corrected chi connectivity index (χ4v) is 8.15. The third kappa shape index (κ3) is 8.98. The zero-order valence-electron chi connectivity index (χ0n) is 41.5. The molecule has 7 heteroatoms. The summed E-state index contributed by atoms with van der Waals surface area (Å²) in [6, 6.07) is 42.2. The van der Waals surface area contributed by atoms with E-state index in [1.54, 1.807) is 12.3 Å². The minimum absolute atomic E-state index is 0. The topological polar surface area (TPSA) is 56.7 Å². The summed E-state index contributed by atoms with van der Waals surface area (Å²) in [5.74, 6) is 0.781.